The number of nitrogens with one attached hydrogen (secondary N) is 1. The number of carboxylic acids is 2. The molecule has 0 aromatic heterocycles. The van der Waals surface area contributed by atoms with Crippen LogP contribution in [0.5, 0.6) is 0 Å². The van der Waals surface area contributed by atoms with Crippen LogP contribution in [0.25, 0.3) is 0 Å². The van der Waals surface area contributed by atoms with E-state index in [1.165, 1.54) is 0 Å². The van der Waals surface area contributed by atoms with E-state index in [0.717, 1.165) is 10.0 Å². The summed E-state index contributed by atoms with van der Waals surface area (Å²) in [5, 5.41) is 19.9. The minimum absolute atomic E-state index is 0.485. The molecule has 1 rings (SSSR count). The van der Waals surface area contributed by atoms with Crippen molar-refractivity contribution in [3.05, 3.63) is 28.2 Å². The number of hydrogen-bond acceptors (Lipinski definition) is 3. The molecule has 20 heavy (non-hydrogen) atoms. The fourth-order valence-electron chi connectivity index (χ4n) is 1.49. The summed E-state index contributed by atoms with van der Waals surface area (Å²) in [6.07, 6.45) is 0. The van der Waals surface area contributed by atoms with E-state index < -0.39 is 31.1 Å². The molecular formula is C12H13BrN2O5. The lowest BCUT2D eigenvalue weighted by Crippen LogP contribution is -2.42. The topological polar surface area (TPSA) is 107 Å². The van der Waals surface area contributed by atoms with Gasteiger partial charge in [0.05, 0.1) is 0 Å². The Morgan fingerprint density at radius 2 is 1.75 bits per heavy atom. The van der Waals surface area contributed by atoms with Gasteiger partial charge < -0.3 is 20.4 Å². The molecule has 3 N–H and O–H groups in total. The number of hydrogen-bond donors (Lipinski definition) is 3. The van der Waals surface area contributed by atoms with Gasteiger partial charge >= 0.3 is 18.0 Å². The van der Waals surface area contributed by atoms with Crippen molar-refractivity contribution >= 4 is 39.6 Å². The van der Waals surface area contributed by atoms with Crippen LogP contribution in [-0.2, 0) is 9.59 Å². The third-order valence-electron chi connectivity index (χ3n) is 2.37. The summed E-state index contributed by atoms with van der Waals surface area (Å²) in [6, 6.07) is 4.34. The van der Waals surface area contributed by atoms with Crippen molar-refractivity contribution in [2.75, 3.05) is 18.4 Å². The Hall–Kier alpha value is -2.09. The first kappa shape index (κ1) is 16.0. The van der Waals surface area contributed by atoms with Gasteiger partial charge in [0.15, 0.2) is 0 Å². The fourth-order valence-corrected chi connectivity index (χ4v) is 1.96. The largest absolute Gasteiger partial charge is 0.480 e. The van der Waals surface area contributed by atoms with E-state index in [0.29, 0.717) is 10.6 Å². The summed E-state index contributed by atoms with van der Waals surface area (Å²) < 4.78 is 0.834. The Morgan fingerprint density at radius 3 is 2.20 bits per heavy atom. The molecule has 0 spiro atoms. The fraction of sp³-hybridized carbons (Fsp3) is 0.250. The standard InChI is InChI=1S/C12H13BrN2O5/c1-7-4-8(13)2-3-9(7)14-12(20)15(5-10(16)17)6-11(18)19/h2-4H,5-6H2,1H3,(H,14,20)(H,16,17)(H,18,19). The number of carbonyl (C=O) groups excluding carboxylic acids is 1. The van der Waals surface area contributed by atoms with Crippen LogP contribution in [0.1, 0.15) is 5.56 Å². The van der Waals surface area contributed by atoms with Gasteiger partial charge in [-0.3, -0.25) is 9.59 Å². The minimum Gasteiger partial charge on any atom is -0.480 e. The zero-order valence-corrected chi connectivity index (χ0v) is 12.2. The number of urea groups is 1. The first-order valence-corrected chi connectivity index (χ1v) is 6.34. The molecule has 0 aliphatic carbocycles. The lowest BCUT2D eigenvalue weighted by molar-refractivity contribution is -0.140. The monoisotopic (exact) mass is 344 g/mol. The van der Waals surface area contributed by atoms with Gasteiger partial charge in [-0.2, -0.15) is 0 Å². The van der Waals surface area contributed by atoms with E-state index in [1.54, 1.807) is 25.1 Å². The summed E-state index contributed by atoms with van der Waals surface area (Å²) in [5.41, 5.74) is 1.25. The third kappa shape index (κ3) is 4.88. The van der Waals surface area contributed by atoms with Crippen LogP contribution in [-0.4, -0.2) is 46.2 Å². The molecule has 0 aliphatic rings. The quantitative estimate of drug-likeness (QED) is 0.754. The van der Waals surface area contributed by atoms with Gasteiger partial charge in [0.1, 0.15) is 13.1 Å². The molecule has 0 atom stereocenters. The molecule has 0 bridgehead atoms. The van der Waals surface area contributed by atoms with Crippen molar-refractivity contribution in [3.63, 3.8) is 0 Å². The molecule has 0 fully saturated rings. The summed E-state index contributed by atoms with van der Waals surface area (Å²) in [4.78, 5) is 33.9. The average Bonchev–Trinajstić information content (AvgIpc) is 2.30. The van der Waals surface area contributed by atoms with Gasteiger partial charge in [-0.05, 0) is 30.7 Å². The third-order valence-corrected chi connectivity index (χ3v) is 2.86. The maximum atomic E-state index is 11.9. The molecule has 1 aromatic rings. The summed E-state index contributed by atoms with van der Waals surface area (Å²) >= 11 is 3.28. The van der Waals surface area contributed by atoms with E-state index in [4.69, 9.17) is 10.2 Å². The van der Waals surface area contributed by atoms with Crippen molar-refractivity contribution in [1.82, 2.24) is 4.90 Å². The summed E-state index contributed by atoms with van der Waals surface area (Å²) in [7, 11) is 0. The highest BCUT2D eigenvalue weighted by Gasteiger charge is 2.20. The molecule has 7 nitrogen and oxygen atoms in total. The lowest BCUT2D eigenvalue weighted by Gasteiger charge is -2.19. The van der Waals surface area contributed by atoms with Gasteiger partial charge in [0.2, 0.25) is 0 Å². The van der Waals surface area contributed by atoms with E-state index in [9.17, 15) is 14.4 Å². The average molecular weight is 345 g/mol. The Morgan fingerprint density at radius 1 is 1.20 bits per heavy atom. The molecular weight excluding hydrogens is 332 g/mol. The van der Waals surface area contributed by atoms with Crippen LogP contribution in [0.15, 0.2) is 22.7 Å². The van der Waals surface area contributed by atoms with Crippen molar-refractivity contribution in [1.29, 1.82) is 0 Å². The van der Waals surface area contributed by atoms with Crippen molar-refractivity contribution in [2.45, 2.75) is 6.92 Å². The lowest BCUT2D eigenvalue weighted by atomic mass is 10.2. The van der Waals surface area contributed by atoms with E-state index in [2.05, 4.69) is 21.2 Å². The van der Waals surface area contributed by atoms with Crippen molar-refractivity contribution in [3.8, 4) is 0 Å². The number of nitrogens with zero attached hydrogens (tertiary/aromatic N) is 1. The second-order valence-electron chi connectivity index (χ2n) is 4.03. The second kappa shape index (κ2) is 6.90. The number of anilines is 1. The highest BCUT2D eigenvalue weighted by molar-refractivity contribution is 9.10. The first-order chi connectivity index (χ1) is 9.29. The highest BCUT2D eigenvalue weighted by atomic mass is 79.9. The number of aryl methyl sites for hydroxylation is 1. The van der Waals surface area contributed by atoms with Crippen LogP contribution in [0.3, 0.4) is 0 Å². The zero-order valence-electron chi connectivity index (χ0n) is 10.6. The van der Waals surface area contributed by atoms with Crippen LogP contribution in [0, 0.1) is 6.92 Å². The number of carboxylic acid groups (broad SMARTS) is 2. The van der Waals surface area contributed by atoms with Crippen LogP contribution < -0.4 is 5.32 Å². The highest BCUT2D eigenvalue weighted by Crippen LogP contribution is 2.20. The van der Waals surface area contributed by atoms with Crippen molar-refractivity contribution in [2.24, 2.45) is 0 Å². The Labute approximate surface area is 123 Å². The number of benzene rings is 1. The van der Waals surface area contributed by atoms with Crippen LogP contribution in [0.2, 0.25) is 0 Å². The van der Waals surface area contributed by atoms with Gasteiger partial charge in [-0.25, -0.2) is 4.79 Å². The minimum atomic E-state index is -1.28. The molecule has 0 heterocycles. The molecule has 1 aromatic carbocycles. The van der Waals surface area contributed by atoms with Gasteiger partial charge in [-0.1, -0.05) is 15.9 Å². The predicted octanol–water partition coefficient (Wildman–Crippen LogP) is 1.76. The predicted molar refractivity (Wildman–Crippen MR) is 74.7 cm³/mol. The van der Waals surface area contributed by atoms with E-state index in [-0.39, 0.29) is 0 Å². The maximum absolute atomic E-state index is 11.9. The van der Waals surface area contributed by atoms with E-state index >= 15 is 0 Å². The van der Waals surface area contributed by atoms with Gasteiger partial charge in [-0.15, -0.1) is 0 Å². The maximum Gasteiger partial charge on any atom is 0.323 e. The number of aliphatic carboxylic acids is 2. The molecule has 0 unspecified atom stereocenters. The number of carbonyl (C=O) groups is 3. The Bertz CT molecular complexity index is 531. The number of amides is 2. The molecule has 0 aliphatic heterocycles. The summed E-state index contributed by atoms with van der Waals surface area (Å²) in [5.74, 6) is -2.57. The number of halogens is 1. The number of rotatable bonds is 5. The van der Waals surface area contributed by atoms with E-state index in [1.807, 2.05) is 0 Å². The molecule has 0 saturated carbocycles. The molecule has 8 heteroatoms. The molecule has 0 saturated heterocycles. The Balaban J connectivity index is 2.84. The van der Waals surface area contributed by atoms with Crippen LogP contribution >= 0.6 is 15.9 Å². The second-order valence-corrected chi connectivity index (χ2v) is 4.95. The van der Waals surface area contributed by atoms with Gasteiger partial charge in [0, 0.05) is 10.2 Å². The molecule has 2 amide bonds. The summed E-state index contributed by atoms with van der Waals surface area (Å²) in [6.45, 7) is 0.389. The SMILES string of the molecule is Cc1cc(Br)ccc1NC(=O)N(CC(=O)O)CC(=O)O. The van der Waals surface area contributed by atoms with Crippen molar-refractivity contribution < 1.29 is 24.6 Å². The smallest absolute Gasteiger partial charge is 0.323 e. The first-order valence-electron chi connectivity index (χ1n) is 5.55. The molecule has 108 valence electrons. The zero-order chi connectivity index (χ0) is 15.3. The normalized spacial score (nSPS) is 9.90. The van der Waals surface area contributed by atoms with Crippen LogP contribution in [0.4, 0.5) is 10.5 Å². The van der Waals surface area contributed by atoms with Gasteiger partial charge in [0.25, 0.3) is 0 Å². The Kier molecular flexibility index (Phi) is 5.51. The molecule has 0 radical (unpaired) electrons.